The Balaban J connectivity index is 2.15. The molecule has 1 aromatic heterocycles. The van der Waals surface area contributed by atoms with Gasteiger partial charge in [-0.2, -0.15) is 9.79 Å². The average molecular weight is 264 g/mol. The summed E-state index contributed by atoms with van der Waals surface area (Å²) in [5, 5.41) is 8.85. The van der Waals surface area contributed by atoms with E-state index in [0.717, 1.165) is 16.8 Å². The van der Waals surface area contributed by atoms with Crippen LogP contribution in [0.25, 0.3) is 16.7 Å². The van der Waals surface area contributed by atoms with Crippen molar-refractivity contribution in [1.82, 2.24) is 15.0 Å². The maximum absolute atomic E-state index is 10.4. The summed E-state index contributed by atoms with van der Waals surface area (Å²) in [6.45, 7) is 3.91. The standard InChI is InChI=1S/C15H12N4O/c1-10-3-5-12(6-4-10)19-17-14-7-11(2)13(16-9-20)8-15(14)18-19/h3-8H,1-2H3. The molecular weight excluding hydrogens is 252 g/mol. The van der Waals surface area contributed by atoms with Crippen LogP contribution >= 0.6 is 0 Å². The predicted octanol–water partition coefficient (Wildman–Crippen LogP) is 3.00. The van der Waals surface area contributed by atoms with E-state index in [1.807, 2.05) is 44.2 Å². The number of nitrogens with zero attached hydrogens (tertiary/aromatic N) is 4. The summed E-state index contributed by atoms with van der Waals surface area (Å²) in [5.74, 6) is 0. The second kappa shape index (κ2) is 4.72. The number of rotatable bonds is 2. The Labute approximate surface area is 115 Å². The summed E-state index contributed by atoms with van der Waals surface area (Å²) in [4.78, 5) is 15.6. The summed E-state index contributed by atoms with van der Waals surface area (Å²) in [5.41, 5.74) is 4.99. The molecule has 0 amide bonds. The molecule has 0 saturated carbocycles. The van der Waals surface area contributed by atoms with Crippen LogP contribution in [-0.4, -0.2) is 21.1 Å². The van der Waals surface area contributed by atoms with Crippen molar-refractivity contribution in [3.8, 4) is 5.69 Å². The lowest BCUT2D eigenvalue weighted by atomic mass is 10.2. The minimum atomic E-state index is 0.573. The van der Waals surface area contributed by atoms with E-state index in [1.165, 1.54) is 5.56 Å². The van der Waals surface area contributed by atoms with Crippen LogP contribution in [0, 0.1) is 13.8 Å². The van der Waals surface area contributed by atoms with Gasteiger partial charge in [-0.25, -0.2) is 4.79 Å². The van der Waals surface area contributed by atoms with Crippen molar-refractivity contribution in [2.24, 2.45) is 4.99 Å². The molecule has 5 heteroatoms. The highest BCUT2D eigenvalue weighted by Crippen LogP contribution is 2.24. The minimum absolute atomic E-state index is 0.573. The van der Waals surface area contributed by atoms with Crippen LogP contribution in [0.2, 0.25) is 0 Å². The van der Waals surface area contributed by atoms with Crippen molar-refractivity contribution in [3.63, 3.8) is 0 Å². The normalized spacial score (nSPS) is 10.5. The van der Waals surface area contributed by atoms with Gasteiger partial charge in [0.15, 0.2) is 0 Å². The highest BCUT2D eigenvalue weighted by molar-refractivity contribution is 5.80. The third-order valence-corrected chi connectivity index (χ3v) is 3.13. The molecule has 0 saturated heterocycles. The highest BCUT2D eigenvalue weighted by Gasteiger charge is 2.07. The van der Waals surface area contributed by atoms with Gasteiger partial charge < -0.3 is 0 Å². The topological polar surface area (TPSA) is 60.1 Å². The predicted molar refractivity (Wildman–Crippen MR) is 76.1 cm³/mol. The Morgan fingerprint density at radius 2 is 1.70 bits per heavy atom. The molecular formula is C15H12N4O. The number of hydrogen-bond acceptors (Lipinski definition) is 4. The summed E-state index contributed by atoms with van der Waals surface area (Å²) < 4.78 is 0. The number of hydrogen-bond donors (Lipinski definition) is 0. The van der Waals surface area contributed by atoms with E-state index in [1.54, 1.807) is 16.9 Å². The minimum Gasteiger partial charge on any atom is -0.211 e. The van der Waals surface area contributed by atoms with Crippen LogP contribution in [0.15, 0.2) is 41.4 Å². The van der Waals surface area contributed by atoms with Crippen LogP contribution in [0.4, 0.5) is 5.69 Å². The van der Waals surface area contributed by atoms with Crippen molar-refractivity contribution in [3.05, 3.63) is 47.5 Å². The zero-order valence-corrected chi connectivity index (χ0v) is 11.2. The first kappa shape index (κ1) is 12.3. The molecule has 5 nitrogen and oxygen atoms in total. The van der Waals surface area contributed by atoms with Crippen LogP contribution in [-0.2, 0) is 4.79 Å². The average Bonchev–Trinajstić information content (AvgIpc) is 2.83. The van der Waals surface area contributed by atoms with Gasteiger partial charge in [-0.15, -0.1) is 10.2 Å². The molecule has 3 aromatic rings. The fourth-order valence-corrected chi connectivity index (χ4v) is 2.02. The fraction of sp³-hybridized carbons (Fsp3) is 0.133. The third-order valence-electron chi connectivity index (χ3n) is 3.13. The van der Waals surface area contributed by atoms with Crippen molar-refractivity contribution >= 4 is 22.8 Å². The van der Waals surface area contributed by atoms with Gasteiger partial charge in [0.05, 0.1) is 11.4 Å². The Kier molecular flexibility index (Phi) is 2.89. The molecule has 0 radical (unpaired) electrons. The first-order valence-electron chi connectivity index (χ1n) is 6.20. The number of benzene rings is 2. The highest BCUT2D eigenvalue weighted by atomic mass is 16.1. The molecule has 0 fully saturated rings. The summed E-state index contributed by atoms with van der Waals surface area (Å²) in [6, 6.07) is 11.6. The molecule has 0 aliphatic carbocycles. The SMILES string of the molecule is Cc1ccc(-n2nc3cc(C)c(N=C=O)cc3n2)cc1. The number of aryl methyl sites for hydroxylation is 2. The monoisotopic (exact) mass is 264 g/mol. The van der Waals surface area contributed by atoms with Gasteiger partial charge in [0.1, 0.15) is 11.0 Å². The zero-order valence-electron chi connectivity index (χ0n) is 11.2. The largest absolute Gasteiger partial charge is 0.240 e. The van der Waals surface area contributed by atoms with Crippen molar-refractivity contribution in [1.29, 1.82) is 0 Å². The van der Waals surface area contributed by atoms with E-state index in [0.29, 0.717) is 11.2 Å². The number of aliphatic imine (C=N–C) groups is 1. The van der Waals surface area contributed by atoms with E-state index < -0.39 is 0 Å². The molecule has 0 bridgehead atoms. The summed E-state index contributed by atoms with van der Waals surface area (Å²) >= 11 is 0. The molecule has 0 atom stereocenters. The quantitative estimate of drug-likeness (QED) is 0.528. The number of carbonyl (C=O) groups excluding carboxylic acids is 1. The first-order chi connectivity index (χ1) is 9.67. The van der Waals surface area contributed by atoms with Crippen LogP contribution < -0.4 is 0 Å². The molecule has 0 N–H and O–H groups in total. The van der Waals surface area contributed by atoms with Crippen LogP contribution in [0.3, 0.4) is 0 Å². The molecule has 0 aliphatic rings. The maximum Gasteiger partial charge on any atom is 0.240 e. The van der Waals surface area contributed by atoms with Crippen molar-refractivity contribution < 1.29 is 4.79 Å². The van der Waals surface area contributed by atoms with E-state index in [-0.39, 0.29) is 0 Å². The van der Waals surface area contributed by atoms with Crippen molar-refractivity contribution in [2.75, 3.05) is 0 Å². The molecule has 98 valence electrons. The van der Waals surface area contributed by atoms with E-state index >= 15 is 0 Å². The number of aromatic nitrogens is 3. The van der Waals surface area contributed by atoms with Gasteiger partial charge in [-0.05, 0) is 43.7 Å². The van der Waals surface area contributed by atoms with Gasteiger partial charge in [0, 0.05) is 0 Å². The molecule has 1 heterocycles. The van der Waals surface area contributed by atoms with Gasteiger partial charge in [0.25, 0.3) is 0 Å². The maximum atomic E-state index is 10.4. The molecule has 0 aliphatic heterocycles. The van der Waals surface area contributed by atoms with Crippen LogP contribution in [0.1, 0.15) is 11.1 Å². The van der Waals surface area contributed by atoms with Crippen molar-refractivity contribution in [2.45, 2.75) is 13.8 Å². The lowest BCUT2D eigenvalue weighted by molar-refractivity contribution is 0.565. The Morgan fingerprint density at radius 1 is 1.05 bits per heavy atom. The summed E-state index contributed by atoms with van der Waals surface area (Å²) in [7, 11) is 0. The van der Waals surface area contributed by atoms with Gasteiger partial charge in [-0.1, -0.05) is 17.7 Å². The lowest BCUT2D eigenvalue weighted by Gasteiger charge is -1.98. The first-order valence-corrected chi connectivity index (χ1v) is 6.20. The summed E-state index contributed by atoms with van der Waals surface area (Å²) in [6.07, 6.45) is 1.55. The second-order valence-corrected chi connectivity index (χ2v) is 4.66. The molecule has 0 unspecified atom stereocenters. The van der Waals surface area contributed by atoms with E-state index in [2.05, 4.69) is 15.2 Å². The Hall–Kier alpha value is -2.78. The molecule has 20 heavy (non-hydrogen) atoms. The third kappa shape index (κ3) is 2.11. The van der Waals surface area contributed by atoms with Crippen LogP contribution in [0.5, 0.6) is 0 Å². The Morgan fingerprint density at radius 3 is 2.35 bits per heavy atom. The fourth-order valence-electron chi connectivity index (χ4n) is 2.02. The molecule has 2 aromatic carbocycles. The molecule has 3 rings (SSSR count). The lowest BCUT2D eigenvalue weighted by Crippen LogP contribution is -1.97. The van der Waals surface area contributed by atoms with Gasteiger partial charge in [-0.3, -0.25) is 0 Å². The number of isocyanates is 1. The van der Waals surface area contributed by atoms with E-state index in [9.17, 15) is 4.79 Å². The van der Waals surface area contributed by atoms with E-state index in [4.69, 9.17) is 0 Å². The van der Waals surface area contributed by atoms with Gasteiger partial charge >= 0.3 is 0 Å². The second-order valence-electron chi connectivity index (χ2n) is 4.66. The van der Waals surface area contributed by atoms with Gasteiger partial charge in [0.2, 0.25) is 6.08 Å². The Bertz CT molecular complexity index is 827. The smallest absolute Gasteiger partial charge is 0.211 e. The number of fused-ring (bicyclic) bond motifs is 1. The zero-order chi connectivity index (χ0) is 14.1. The molecule has 0 spiro atoms.